The second kappa shape index (κ2) is 9.54. The third-order valence-corrected chi connectivity index (χ3v) is 5.00. The van der Waals surface area contributed by atoms with Gasteiger partial charge >= 0.3 is 0 Å². The molecule has 1 aliphatic rings. The number of likely N-dealkylation sites (N-methyl/N-ethyl adjacent to an activating group) is 1. The summed E-state index contributed by atoms with van der Waals surface area (Å²) in [5, 5.41) is 13.6. The van der Waals surface area contributed by atoms with Crippen molar-refractivity contribution in [1.82, 2.24) is 4.90 Å². The first-order valence-corrected chi connectivity index (χ1v) is 9.59. The van der Waals surface area contributed by atoms with Crippen molar-refractivity contribution in [2.75, 3.05) is 32.2 Å². The summed E-state index contributed by atoms with van der Waals surface area (Å²) < 4.78 is 10.4. The molecule has 0 saturated carbocycles. The SMILES string of the molecule is CCN1C(=O)COCC1C(O)c1ccc(NC(=O)Cc2ccc(OC)cc2)cc1. The van der Waals surface area contributed by atoms with E-state index in [9.17, 15) is 14.7 Å². The number of hydrogen-bond acceptors (Lipinski definition) is 5. The molecule has 154 valence electrons. The largest absolute Gasteiger partial charge is 0.497 e. The van der Waals surface area contributed by atoms with Crippen LogP contribution in [-0.2, 0) is 20.7 Å². The van der Waals surface area contributed by atoms with Crippen LogP contribution in [0.15, 0.2) is 48.5 Å². The Kier molecular flexibility index (Phi) is 6.85. The van der Waals surface area contributed by atoms with Crippen molar-refractivity contribution < 1.29 is 24.2 Å². The number of carbonyl (C=O) groups is 2. The summed E-state index contributed by atoms with van der Waals surface area (Å²) in [4.78, 5) is 25.9. The molecular weight excluding hydrogens is 372 g/mol. The Hall–Kier alpha value is -2.90. The van der Waals surface area contributed by atoms with Gasteiger partial charge in [0.05, 0.1) is 26.2 Å². The maximum Gasteiger partial charge on any atom is 0.248 e. The molecule has 1 aliphatic heterocycles. The number of nitrogens with zero attached hydrogens (tertiary/aromatic N) is 1. The van der Waals surface area contributed by atoms with Crippen LogP contribution in [0.2, 0.25) is 0 Å². The Morgan fingerprint density at radius 2 is 1.93 bits per heavy atom. The van der Waals surface area contributed by atoms with Gasteiger partial charge in [-0.3, -0.25) is 9.59 Å². The smallest absolute Gasteiger partial charge is 0.248 e. The molecule has 0 aliphatic carbocycles. The fraction of sp³-hybridized carbons (Fsp3) is 0.364. The predicted octanol–water partition coefficient (Wildman–Crippen LogP) is 2.16. The number of morpholine rings is 1. The van der Waals surface area contributed by atoms with E-state index >= 15 is 0 Å². The van der Waals surface area contributed by atoms with Gasteiger partial charge in [0.1, 0.15) is 18.5 Å². The van der Waals surface area contributed by atoms with Crippen LogP contribution in [0.1, 0.15) is 24.2 Å². The van der Waals surface area contributed by atoms with Crippen molar-refractivity contribution in [1.29, 1.82) is 0 Å². The van der Waals surface area contributed by atoms with Gasteiger partial charge in [0, 0.05) is 12.2 Å². The van der Waals surface area contributed by atoms with E-state index in [-0.39, 0.29) is 24.8 Å². The van der Waals surface area contributed by atoms with Crippen molar-refractivity contribution in [3.63, 3.8) is 0 Å². The molecule has 3 rings (SSSR count). The number of ether oxygens (including phenoxy) is 2. The number of methoxy groups -OCH3 is 1. The number of rotatable bonds is 7. The van der Waals surface area contributed by atoms with E-state index in [1.54, 1.807) is 36.3 Å². The zero-order valence-corrected chi connectivity index (χ0v) is 16.6. The van der Waals surface area contributed by atoms with E-state index in [0.717, 1.165) is 11.3 Å². The van der Waals surface area contributed by atoms with Crippen molar-refractivity contribution in [2.45, 2.75) is 25.5 Å². The standard InChI is InChI=1S/C22H26N2O5/c1-3-24-19(13-29-14-21(24)26)22(27)16-6-8-17(9-7-16)23-20(25)12-15-4-10-18(28-2)11-5-15/h4-11,19,22,27H,3,12-14H2,1-2H3,(H,23,25). The molecule has 1 heterocycles. The molecule has 7 nitrogen and oxygen atoms in total. The lowest BCUT2D eigenvalue weighted by Gasteiger charge is -2.37. The highest BCUT2D eigenvalue weighted by Gasteiger charge is 2.33. The van der Waals surface area contributed by atoms with Crippen LogP contribution in [0.25, 0.3) is 0 Å². The lowest BCUT2D eigenvalue weighted by molar-refractivity contribution is -0.153. The zero-order valence-electron chi connectivity index (χ0n) is 16.6. The summed E-state index contributed by atoms with van der Waals surface area (Å²) in [6.07, 6.45) is -0.607. The summed E-state index contributed by atoms with van der Waals surface area (Å²) in [7, 11) is 1.60. The first kappa shape index (κ1) is 20.8. The topological polar surface area (TPSA) is 88.1 Å². The molecule has 7 heteroatoms. The molecule has 2 unspecified atom stereocenters. The van der Waals surface area contributed by atoms with Gasteiger partial charge in [-0.2, -0.15) is 0 Å². The fourth-order valence-electron chi connectivity index (χ4n) is 3.42. The van der Waals surface area contributed by atoms with Crippen molar-refractivity contribution in [3.05, 3.63) is 59.7 Å². The van der Waals surface area contributed by atoms with E-state index in [0.29, 0.717) is 24.4 Å². The van der Waals surface area contributed by atoms with Gasteiger partial charge in [-0.25, -0.2) is 0 Å². The minimum atomic E-state index is -0.858. The third-order valence-electron chi connectivity index (χ3n) is 5.00. The number of nitrogens with one attached hydrogen (secondary N) is 1. The van der Waals surface area contributed by atoms with E-state index in [2.05, 4.69) is 5.32 Å². The molecule has 0 spiro atoms. The van der Waals surface area contributed by atoms with Crippen LogP contribution in [0.3, 0.4) is 0 Å². The van der Waals surface area contributed by atoms with Gasteiger partial charge < -0.3 is 24.8 Å². The lowest BCUT2D eigenvalue weighted by atomic mass is 10.00. The number of benzene rings is 2. The van der Waals surface area contributed by atoms with Gasteiger partial charge in [0.15, 0.2) is 0 Å². The summed E-state index contributed by atoms with van der Waals surface area (Å²) in [5.41, 5.74) is 2.19. The molecule has 2 amide bonds. The van der Waals surface area contributed by atoms with Gasteiger partial charge in [0.2, 0.25) is 11.8 Å². The monoisotopic (exact) mass is 398 g/mol. The van der Waals surface area contributed by atoms with Crippen molar-refractivity contribution in [2.24, 2.45) is 0 Å². The summed E-state index contributed by atoms with van der Waals surface area (Å²) in [6, 6.07) is 13.9. The number of anilines is 1. The molecule has 2 N–H and O–H groups in total. The van der Waals surface area contributed by atoms with Gasteiger partial charge in [-0.1, -0.05) is 24.3 Å². The minimum Gasteiger partial charge on any atom is -0.497 e. The van der Waals surface area contributed by atoms with Crippen LogP contribution in [0.4, 0.5) is 5.69 Å². The highest BCUT2D eigenvalue weighted by molar-refractivity contribution is 5.92. The maximum absolute atomic E-state index is 12.3. The first-order chi connectivity index (χ1) is 14.0. The van der Waals surface area contributed by atoms with Crippen molar-refractivity contribution >= 4 is 17.5 Å². The van der Waals surface area contributed by atoms with Crippen LogP contribution in [0.5, 0.6) is 5.75 Å². The Bertz CT molecular complexity index is 835. The molecule has 0 aromatic heterocycles. The molecule has 2 aromatic carbocycles. The first-order valence-electron chi connectivity index (χ1n) is 9.59. The van der Waals surface area contributed by atoms with E-state index in [1.165, 1.54) is 0 Å². The van der Waals surface area contributed by atoms with Gasteiger partial charge in [-0.15, -0.1) is 0 Å². The normalized spacial score (nSPS) is 17.7. The average Bonchev–Trinajstić information content (AvgIpc) is 2.74. The summed E-state index contributed by atoms with van der Waals surface area (Å²) in [6.45, 7) is 2.74. The van der Waals surface area contributed by atoms with Gasteiger partial charge in [0.25, 0.3) is 0 Å². The van der Waals surface area contributed by atoms with E-state index < -0.39 is 12.1 Å². The van der Waals surface area contributed by atoms with Crippen LogP contribution in [0, 0.1) is 0 Å². The van der Waals surface area contributed by atoms with E-state index in [4.69, 9.17) is 9.47 Å². The Morgan fingerprint density at radius 1 is 1.24 bits per heavy atom. The molecule has 0 radical (unpaired) electrons. The predicted molar refractivity (Wildman–Crippen MR) is 109 cm³/mol. The Labute approximate surface area is 170 Å². The highest BCUT2D eigenvalue weighted by Crippen LogP contribution is 2.25. The number of carbonyl (C=O) groups excluding carboxylic acids is 2. The molecule has 2 aromatic rings. The third kappa shape index (κ3) is 5.13. The molecule has 1 fully saturated rings. The highest BCUT2D eigenvalue weighted by atomic mass is 16.5. The zero-order chi connectivity index (χ0) is 20.8. The quantitative estimate of drug-likeness (QED) is 0.746. The van der Waals surface area contributed by atoms with Crippen LogP contribution in [-0.4, -0.2) is 54.7 Å². The number of aliphatic hydroxyl groups excluding tert-OH is 1. The summed E-state index contributed by atoms with van der Waals surface area (Å²) in [5.74, 6) is 0.493. The summed E-state index contributed by atoms with van der Waals surface area (Å²) >= 11 is 0. The Balaban J connectivity index is 1.60. The molecule has 0 bridgehead atoms. The molecule has 29 heavy (non-hydrogen) atoms. The molecule has 2 atom stereocenters. The van der Waals surface area contributed by atoms with Crippen LogP contribution >= 0.6 is 0 Å². The fourth-order valence-corrected chi connectivity index (χ4v) is 3.42. The molecular formula is C22H26N2O5. The second-order valence-corrected chi connectivity index (χ2v) is 6.90. The van der Waals surface area contributed by atoms with E-state index in [1.807, 2.05) is 31.2 Å². The lowest BCUT2D eigenvalue weighted by Crippen LogP contribution is -2.51. The minimum absolute atomic E-state index is 0.0518. The van der Waals surface area contributed by atoms with Crippen LogP contribution < -0.4 is 10.1 Å². The van der Waals surface area contributed by atoms with Crippen molar-refractivity contribution in [3.8, 4) is 5.75 Å². The Morgan fingerprint density at radius 3 is 2.55 bits per heavy atom. The second-order valence-electron chi connectivity index (χ2n) is 6.90. The van der Waals surface area contributed by atoms with Gasteiger partial charge in [-0.05, 0) is 42.3 Å². The maximum atomic E-state index is 12.3. The molecule has 1 saturated heterocycles. The number of amides is 2. The number of aliphatic hydroxyl groups is 1. The number of hydrogen-bond donors (Lipinski definition) is 2. The average molecular weight is 398 g/mol.